The molecule has 6 nitrogen and oxygen atoms in total. The van der Waals surface area contributed by atoms with E-state index in [1.165, 1.54) is 6.92 Å². The molecule has 0 spiro atoms. The standard InChI is InChI=1S/C23H28O6/c1-17(24)28-20-11-7-18(8-12-20)23(2,3)19-9-13-21(14-10-19)29-22(25)27-16-6-5-15-26-4/h7-14H,5-6,15-16H2,1-4H3. The van der Waals surface area contributed by atoms with Crippen molar-refractivity contribution in [2.24, 2.45) is 0 Å². The molecular weight excluding hydrogens is 372 g/mol. The van der Waals surface area contributed by atoms with Gasteiger partial charge >= 0.3 is 12.1 Å². The lowest BCUT2D eigenvalue weighted by atomic mass is 9.78. The first kappa shape index (κ1) is 22.4. The molecule has 0 radical (unpaired) electrons. The van der Waals surface area contributed by atoms with Gasteiger partial charge in [-0.2, -0.15) is 0 Å². The third kappa shape index (κ3) is 6.91. The van der Waals surface area contributed by atoms with E-state index in [0.29, 0.717) is 24.7 Å². The van der Waals surface area contributed by atoms with E-state index in [4.69, 9.17) is 18.9 Å². The molecule has 0 saturated heterocycles. The number of hydrogen-bond donors (Lipinski definition) is 0. The van der Waals surface area contributed by atoms with Crippen LogP contribution in [-0.4, -0.2) is 32.4 Å². The van der Waals surface area contributed by atoms with Crippen molar-refractivity contribution in [2.45, 2.75) is 39.0 Å². The van der Waals surface area contributed by atoms with Crippen LogP contribution in [0.4, 0.5) is 4.79 Å². The maximum Gasteiger partial charge on any atom is 0.513 e. The number of rotatable bonds is 9. The SMILES string of the molecule is COCCCCOC(=O)Oc1ccc(C(C)(C)c2ccc(OC(C)=O)cc2)cc1. The maximum absolute atomic E-state index is 11.7. The fourth-order valence-electron chi connectivity index (χ4n) is 2.84. The number of carbonyl (C=O) groups is 2. The lowest BCUT2D eigenvalue weighted by Crippen LogP contribution is -2.19. The minimum atomic E-state index is -0.713. The Hall–Kier alpha value is -2.86. The molecule has 0 aromatic heterocycles. The Balaban J connectivity index is 1.95. The van der Waals surface area contributed by atoms with Crippen molar-refractivity contribution in [3.05, 3.63) is 59.7 Å². The molecule has 0 fully saturated rings. The minimum absolute atomic E-state index is 0.283. The van der Waals surface area contributed by atoms with E-state index in [1.54, 1.807) is 31.4 Å². The molecule has 0 heterocycles. The van der Waals surface area contributed by atoms with Gasteiger partial charge in [-0.15, -0.1) is 0 Å². The fourth-order valence-corrected chi connectivity index (χ4v) is 2.84. The predicted molar refractivity (Wildman–Crippen MR) is 109 cm³/mol. The number of ether oxygens (including phenoxy) is 4. The van der Waals surface area contributed by atoms with Gasteiger partial charge in [0.05, 0.1) is 6.61 Å². The summed E-state index contributed by atoms with van der Waals surface area (Å²) < 4.78 is 20.3. The summed E-state index contributed by atoms with van der Waals surface area (Å²) in [6.07, 6.45) is 0.845. The van der Waals surface area contributed by atoms with E-state index in [9.17, 15) is 9.59 Å². The van der Waals surface area contributed by atoms with Crippen LogP contribution in [0.3, 0.4) is 0 Å². The van der Waals surface area contributed by atoms with Gasteiger partial charge in [-0.05, 0) is 48.2 Å². The van der Waals surface area contributed by atoms with Crippen molar-refractivity contribution in [2.75, 3.05) is 20.3 Å². The number of carbonyl (C=O) groups excluding carboxylic acids is 2. The summed E-state index contributed by atoms with van der Waals surface area (Å²) in [7, 11) is 1.64. The lowest BCUT2D eigenvalue weighted by Gasteiger charge is -2.26. The van der Waals surface area contributed by atoms with Crippen LogP contribution in [0.5, 0.6) is 11.5 Å². The number of benzene rings is 2. The predicted octanol–water partition coefficient (Wildman–Crippen LogP) is 4.88. The Morgan fingerprint density at radius 3 is 1.76 bits per heavy atom. The highest BCUT2D eigenvalue weighted by molar-refractivity contribution is 5.69. The summed E-state index contributed by atoms with van der Waals surface area (Å²) in [5.74, 6) is 0.597. The van der Waals surface area contributed by atoms with Gasteiger partial charge in [0.1, 0.15) is 11.5 Å². The number of esters is 1. The molecule has 0 N–H and O–H groups in total. The Bertz CT molecular complexity index is 793. The largest absolute Gasteiger partial charge is 0.513 e. The highest BCUT2D eigenvalue weighted by Gasteiger charge is 2.23. The van der Waals surface area contributed by atoms with Crippen LogP contribution in [0.15, 0.2) is 48.5 Å². The molecule has 156 valence electrons. The summed E-state index contributed by atoms with van der Waals surface area (Å²) >= 11 is 0. The minimum Gasteiger partial charge on any atom is -0.434 e. The molecule has 2 aromatic rings. The van der Waals surface area contributed by atoms with E-state index in [0.717, 1.165) is 24.0 Å². The first-order chi connectivity index (χ1) is 13.8. The summed E-state index contributed by atoms with van der Waals surface area (Å²) in [6, 6.07) is 14.7. The normalized spacial score (nSPS) is 11.0. The number of hydrogen-bond acceptors (Lipinski definition) is 6. The van der Waals surface area contributed by atoms with Gasteiger partial charge in [0.2, 0.25) is 0 Å². The topological polar surface area (TPSA) is 71.1 Å². The number of methoxy groups -OCH3 is 1. The molecule has 0 saturated carbocycles. The monoisotopic (exact) mass is 400 g/mol. The van der Waals surface area contributed by atoms with Crippen LogP contribution in [0.1, 0.15) is 44.7 Å². The Kier molecular flexibility index (Phi) is 8.21. The molecule has 2 aromatic carbocycles. The van der Waals surface area contributed by atoms with Gasteiger partial charge in [0.15, 0.2) is 0 Å². The highest BCUT2D eigenvalue weighted by atomic mass is 16.7. The second-order valence-corrected chi connectivity index (χ2v) is 7.17. The smallest absolute Gasteiger partial charge is 0.434 e. The Morgan fingerprint density at radius 1 is 0.793 bits per heavy atom. The lowest BCUT2D eigenvalue weighted by molar-refractivity contribution is -0.131. The van der Waals surface area contributed by atoms with Crippen molar-refractivity contribution >= 4 is 12.1 Å². The fraction of sp³-hybridized carbons (Fsp3) is 0.391. The van der Waals surface area contributed by atoms with Crippen molar-refractivity contribution in [3.63, 3.8) is 0 Å². The van der Waals surface area contributed by atoms with E-state index in [-0.39, 0.29) is 11.4 Å². The molecule has 6 heteroatoms. The van der Waals surface area contributed by atoms with Crippen molar-refractivity contribution in [1.82, 2.24) is 0 Å². The second-order valence-electron chi connectivity index (χ2n) is 7.17. The molecule has 2 rings (SSSR count). The van der Waals surface area contributed by atoms with Crippen LogP contribution in [0.2, 0.25) is 0 Å². The van der Waals surface area contributed by atoms with Gasteiger partial charge in [0, 0.05) is 26.1 Å². The third-order valence-corrected chi connectivity index (χ3v) is 4.58. The Labute approximate surface area is 171 Å². The summed E-state index contributed by atoms with van der Waals surface area (Å²) in [5, 5.41) is 0. The quantitative estimate of drug-likeness (QED) is 0.259. The van der Waals surface area contributed by atoms with Gasteiger partial charge in [-0.25, -0.2) is 4.79 Å². The van der Waals surface area contributed by atoms with E-state index >= 15 is 0 Å². The van der Waals surface area contributed by atoms with Gasteiger partial charge in [0.25, 0.3) is 0 Å². The molecule has 0 amide bonds. The first-order valence-corrected chi connectivity index (χ1v) is 9.56. The average Bonchev–Trinajstić information content (AvgIpc) is 2.68. The first-order valence-electron chi connectivity index (χ1n) is 9.56. The zero-order chi connectivity index (χ0) is 21.3. The number of unbranched alkanes of at least 4 members (excludes halogenated alkanes) is 1. The molecule has 0 atom stereocenters. The maximum atomic E-state index is 11.7. The van der Waals surface area contributed by atoms with Gasteiger partial charge < -0.3 is 18.9 Å². The molecular formula is C23H28O6. The second kappa shape index (κ2) is 10.6. The zero-order valence-corrected chi connectivity index (χ0v) is 17.4. The van der Waals surface area contributed by atoms with Crippen LogP contribution >= 0.6 is 0 Å². The van der Waals surface area contributed by atoms with Crippen LogP contribution < -0.4 is 9.47 Å². The average molecular weight is 400 g/mol. The molecule has 0 aliphatic rings. The van der Waals surface area contributed by atoms with Crippen molar-refractivity contribution in [1.29, 1.82) is 0 Å². The molecule has 0 aliphatic carbocycles. The zero-order valence-electron chi connectivity index (χ0n) is 17.4. The Morgan fingerprint density at radius 2 is 1.28 bits per heavy atom. The summed E-state index contributed by atoms with van der Waals surface area (Å²) in [4.78, 5) is 22.8. The molecule has 0 bridgehead atoms. The molecule has 0 aliphatic heterocycles. The van der Waals surface area contributed by atoms with Crippen molar-refractivity contribution in [3.8, 4) is 11.5 Å². The van der Waals surface area contributed by atoms with Crippen LogP contribution in [0.25, 0.3) is 0 Å². The van der Waals surface area contributed by atoms with Gasteiger partial charge in [-0.1, -0.05) is 38.1 Å². The van der Waals surface area contributed by atoms with Crippen LogP contribution in [-0.2, 0) is 19.7 Å². The summed E-state index contributed by atoms with van der Waals surface area (Å²) in [6.45, 7) is 6.51. The molecule has 29 heavy (non-hydrogen) atoms. The third-order valence-electron chi connectivity index (χ3n) is 4.58. The molecule has 0 unspecified atom stereocenters. The highest BCUT2D eigenvalue weighted by Crippen LogP contribution is 2.33. The van der Waals surface area contributed by atoms with Gasteiger partial charge in [-0.3, -0.25) is 4.79 Å². The summed E-state index contributed by atoms with van der Waals surface area (Å²) in [5.41, 5.74) is 1.84. The van der Waals surface area contributed by atoms with Crippen molar-refractivity contribution < 1.29 is 28.5 Å². The van der Waals surface area contributed by atoms with E-state index in [2.05, 4.69) is 13.8 Å². The van der Waals surface area contributed by atoms with Crippen LogP contribution in [0, 0.1) is 0 Å². The van der Waals surface area contributed by atoms with E-state index in [1.807, 2.05) is 24.3 Å². The van der Waals surface area contributed by atoms with E-state index < -0.39 is 6.16 Å².